The number of imidazole rings is 1. The van der Waals surface area contributed by atoms with Crippen molar-refractivity contribution < 1.29 is 28.4 Å². The van der Waals surface area contributed by atoms with E-state index in [2.05, 4.69) is 97.2 Å². The predicted molar refractivity (Wildman–Crippen MR) is 204 cm³/mol. The molecule has 2 unspecified atom stereocenters. The predicted octanol–water partition coefficient (Wildman–Crippen LogP) is 6.98. The second kappa shape index (κ2) is 13.1. The van der Waals surface area contributed by atoms with E-state index in [4.69, 9.17) is 23.8 Å². The van der Waals surface area contributed by atoms with Crippen LogP contribution in [0.4, 0.5) is 4.79 Å². The van der Waals surface area contributed by atoms with Gasteiger partial charge in [-0.3, -0.25) is 4.79 Å². The lowest BCUT2D eigenvalue weighted by molar-refractivity contribution is -0.135. The molecule has 2 saturated heterocycles. The number of ether oxygens (including phenoxy) is 2. The van der Waals surface area contributed by atoms with Crippen LogP contribution in [0.15, 0.2) is 79.0 Å². The zero-order valence-electron chi connectivity index (χ0n) is 31.3. The number of fused-ring (bicyclic) bond motifs is 5. The Balaban J connectivity index is 1.12. The highest BCUT2D eigenvalue weighted by molar-refractivity contribution is 6.62. The van der Waals surface area contributed by atoms with Gasteiger partial charge >= 0.3 is 13.2 Å². The van der Waals surface area contributed by atoms with Crippen molar-refractivity contribution >= 4 is 35.5 Å². The average molecular weight is 716 g/mol. The number of hydrogen-bond acceptors (Lipinski definition) is 7. The summed E-state index contributed by atoms with van der Waals surface area (Å²) < 4.78 is 26.7. The quantitative estimate of drug-likeness (QED) is 0.175. The molecule has 8 rings (SSSR count). The minimum atomic E-state index is -0.690. The third-order valence-corrected chi connectivity index (χ3v) is 11.3. The minimum Gasteiger partial charge on any atom is -0.465 e. The lowest BCUT2D eigenvalue weighted by Crippen LogP contribution is -2.51. The molecule has 0 saturated carbocycles. The van der Waals surface area contributed by atoms with E-state index in [1.807, 2.05) is 43.1 Å². The average Bonchev–Trinajstić information content (AvgIpc) is 3.94. The first-order valence-corrected chi connectivity index (χ1v) is 18.4. The van der Waals surface area contributed by atoms with Crippen molar-refractivity contribution in [1.82, 2.24) is 24.8 Å². The van der Waals surface area contributed by atoms with Gasteiger partial charge in [-0.2, -0.15) is 0 Å². The summed E-state index contributed by atoms with van der Waals surface area (Å²) in [5.41, 5.74) is 5.89. The van der Waals surface area contributed by atoms with Gasteiger partial charge in [-0.05, 0) is 82.2 Å². The second-order valence-electron chi connectivity index (χ2n) is 15.6. The van der Waals surface area contributed by atoms with Gasteiger partial charge in [0.05, 0.1) is 41.3 Å². The van der Waals surface area contributed by atoms with Crippen molar-refractivity contribution in [2.75, 3.05) is 13.7 Å². The molecule has 3 atom stereocenters. The van der Waals surface area contributed by atoms with Crippen LogP contribution in [0.3, 0.4) is 0 Å². The molecule has 0 aliphatic carbocycles. The third-order valence-electron chi connectivity index (χ3n) is 11.3. The van der Waals surface area contributed by atoms with Gasteiger partial charge in [0.2, 0.25) is 12.1 Å². The Bertz CT molecular complexity index is 2180. The highest BCUT2D eigenvalue weighted by atomic mass is 16.7. The number of alkyl carbamates (subject to hydrolysis) is 1. The Kier molecular flexibility index (Phi) is 8.65. The molecular formula is C41H46BN5O6. The first kappa shape index (κ1) is 35.0. The number of likely N-dealkylation sites (tertiary alicyclic amines) is 1. The number of nitrogens with zero attached hydrogens (tertiary/aromatic N) is 3. The Morgan fingerprint density at radius 2 is 1.75 bits per heavy atom. The number of amides is 2. The van der Waals surface area contributed by atoms with Crippen LogP contribution in [-0.2, 0) is 18.8 Å². The molecule has 0 radical (unpaired) electrons. The van der Waals surface area contributed by atoms with Gasteiger partial charge in [0.25, 0.3) is 0 Å². The molecule has 3 aliphatic rings. The van der Waals surface area contributed by atoms with E-state index >= 15 is 0 Å². The fourth-order valence-corrected chi connectivity index (χ4v) is 7.69. The van der Waals surface area contributed by atoms with Crippen molar-refractivity contribution in [2.24, 2.45) is 5.92 Å². The summed E-state index contributed by atoms with van der Waals surface area (Å²) in [7, 11) is 0.801. The molecule has 53 heavy (non-hydrogen) atoms. The van der Waals surface area contributed by atoms with Crippen LogP contribution in [0.1, 0.15) is 78.0 Å². The molecule has 2 fully saturated rings. The number of H-pyrrole nitrogens is 1. The molecule has 3 aliphatic heterocycles. The molecule has 11 nitrogen and oxygen atoms in total. The summed E-state index contributed by atoms with van der Waals surface area (Å²) in [6.07, 6.45) is 2.53. The first-order chi connectivity index (χ1) is 25.3. The van der Waals surface area contributed by atoms with Crippen LogP contribution in [0, 0.1) is 5.92 Å². The summed E-state index contributed by atoms with van der Waals surface area (Å²) >= 11 is 0. The van der Waals surface area contributed by atoms with E-state index < -0.39 is 30.5 Å². The highest BCUT2D eigenvalue weighted by Crippen LogP contribution is 2.45. The lowest BCUT2D eigenvalue weighted by Gasteiger charge is -2.32. The summed E-state index contributed by atoms with van der Waals surface area (Å²) in [5.74, 6) is 1.26. The summed E-state index contributed by atoms with van der Waals surface area (Å²) in [6, 6.07) is 24.2. The van der Waals surface area contributed by atoms with Crippen molar-refractivity contribution in [3.05, 3.63) is 90.4 Å². The number of hydrogen-bond donors (Lipinski definition) is 2. The Morgan fingerprint density at radius 1 is 1.00 bits per heavy atom. The lowest BCUT2D eigenvalue weighted by atomic mass is 9.78. The smallest absolute Gasteiger partial charge is 0.465 e. The molecule has 2 N–H and O–H groups in total. The number of methoxy groups -OCH3 is 1. The fourth-order valence-electron chi connectivity index (χ4n) is 7.69. The van der Waals surface area contributed by atoms with Gasteiger partial charge < -0.3 is 38.6 Å². The van der Waals surface area contributed by atoms with Crippen molar-refractivity contribution in [2.45, 2.75) is 83.9 Å². The molecule has 3 aromatic carbocycles. The molecule has 274 valence electrons. The number of carbonyl (C=O) groups excluding carboxylic acids is 2. The molecule has 5 aromatic rings. The van der Waals surface area contributed by atoms with Gasteiger partial charge in [0, 0.05) is 34.8 Å². The SMILES string of the molecule is COC(=O)NC(C(=O)N1CCC[C@H]1c1nc(-c2ccc3c(c2)cc2n3C(c3ccccc3)Oc3cc(B4OC(C)(C)C(C)(C)O4)ccc3-2)c[nH]1)C(C)C. The van der Waals surface area contributed by atoms with Crippen LogP contribution < -0.4 is 15.5 Å². The van der Waals surface area contributed by atoms with E-state index in [0.29, 0.717) is 6.54 Å². The van der Waals surface area contributed by atoms with E-state index in [1.165, 1.54) is 7.11 Å². The number of rotatable bonds is 7. The standard InChI is InChI=1S/C41H46BN5O6/c1-24(2)35(45-39(49)50-7)37(48)46-19-11-14-32(46)36-43-23-30(44-36)26-15-18-31-27(20-26)21-33-29-17-16-28(42-52-40(3,4)41(5,6)53-42)22-34(29)51-38(47(31)33)25-12-9-8-10-13-25/h8-10,12-13,15-18,20-24,32,35,38H,11,14,19H2,1-7H3,(H,43,44)(H,45,49)/t32-,35?,38?/m0/s1. The second-order valence-corrected chi connectivity index (χ2v) is 15.6. The van der Waals surface area contributed by atoms with Gasteiger partial charge in [0.1, 0.15) is 17.6 Å². The summed E-state index contributed by atoms with van der Waals surface area (Å²) in [5, 5.41) is 3.78. The van der Waals surface area contributed by atoms with E-state index in [-0.39, 0.29) is 24.1 Å². The van der Waals surface area contributed by atoms with Gasteiger partial charge in [-0.25, -0.2) is 9.78 Å². The largest absolute Gasteiger partial charge is 0.494 e. The number of aromatic amines is 1. The summed E-state index contributed by atoms with van der Waals surface area (Å²) in [6.45, 7) is 12.7. The Morgan fingerprint density at radius 3 is 2.47 bits per heavy atom. The maximum atomic E-state index is 13.7. The van der Waals surface area contributed by atoms with Crippen LogP contribution in [0.25, 0.3) is 33.4 Å². The van der Waals surface area contributed by atoms with Crippen molar-refractivity contribution in [1.29, 1.82) is 0 Å². The first-order valence-electron chi connectivity index (χ1n) is 18.4. The summed E-state index contributed by atoms with van der Waals surface area (Å²) in [4.78, 5) is 35.9. The van der Waals surface area contributed by atoms with E-state index in [9.17, 15) is 9.59 Å². The van der Waals surface area contributed by atoms with E-state index in [0.717, 1.165) is 68.9 Å². The molecule has 2 aromatic heterocycles. The van der Waals surface area contributed by atoms with Crippen LogP contribution >= 0.6 is 0 Å². The monoisotopic (exact) mass is 715 g/mol. The van der Waals surface area contributed by atoms with Crippen LogP contribution in [0.5, 0.6) is 5.75 Å². The molecular weight excluding hydrogens is 669 g/mol. The maximum absolute atomic E-state index is 13.7. The molecule has 0 spiro atoms. The fraction of sp³-hybridized carbons (Fsp3) is 0.390. The van der Waals surface area contributed by atoms with Gasteiger partial charge in [-0.15, -0.1) is 0 Å². The number of benzene rings is 3. The third kappa shape index (κ3) is 6.07. The molecule has 0 bridgehead atoms. The molecule has 5 heterocycles. The minimum absolute atomic E-state index is 0.106. The Labute approximate surface area is 310 Å². The van der Waals surface area contributed by atoms with Gasteiger partial charge in [-0.1, -0.05) is 56.3 Å². The van der Waals surface area contributed by atoms with Crippen molar-refractivity contribution in [3.8, 4) is 28.3 Å². The van der Waals surface area contributed by atoms with Gasteiger partial charge in [0.15, 0.2) is 0 Å². The van der Waals surface area contributed by atoms with E-state index in [1.54, 1.807) is 0 Å². The van der Waals surface area contributed by atoms with Crippen LogP contribution in [0.2, 0.25) is 0 Å². The zero-order valence-corrected chi connectivity index (χ0v) is 31.3. The zero-order chi connectivity index (χ0) is 37.2. The highest BCUT2D eigenvalue weighted by Gasteiger charge is 2.52. The molecule has 2 amide bonds. The maximum Gasteiger partial charge on any atom is 0.494 e. The normalized spacial score (nSPS) is 20.6. The van der Waals surface area contributed by atoms with Crippen molar-refractivity contribution in [3.63, 3.8) is 0 Å². The number of aromatic nitrogens is 3. The molecule has 12 heteroatoms. The van der Waals surface area contributed by atoms with Crippen LogP contribution in [-0.4, -0.2) is 69.5 Å². The topological polar surface area (TPSA) is 120 Å². The number of nitrogens with one attached hydrogen (secondary N) is 2. The number of carbonyl (C=O) groups is 2. The Hall–Kier alpha value is -5.07.